The van der Waals surface area contributed by atoms with Gasteiger partial charge in [-0.3, -0.25) is 4.79 Å². The smallest absolute Gasteiger partial charge is 0.304 e. The molecular formula is C20H48N8O2. The predicted molar refractivity (Wildman–Crippen MR) is 126 cm³/mol. The Morgan fingerprint density at radius 3 is 1.13 bits per heavy atom. The molecule has 9 N–H and O–H groups in total. The van der Waals surface area contributed by atoms with Crippen LogP contribution in [0.1, 0.15) is 19.8 Å². The van der Waals surface area contributed by atoms with Crippen molar-refractivity contribution in [3.8, 4) is 0 Å². The fraction of sp³-hybridized carbons (Fsp3) is 0.950. The van der Waals surface area contributed by atoms with Gasteiger partial charge in [0.15, 0.2) is 0 Å². The van der Waals surface area contributed by atoms with Crippen molar-refractivity contribution >= 4 is 5.97 Å². The third kappa shape index (κ3) is 27.1. The number of aliphatic carboxylic acids is 1. The fourth-order valence-corrected chi connectivity index (χ4v) is 2.65. The van der Waals surface area contributed by atoms with Gasteiger partial charge in [-0.1, -0.05) is 6.92 Å². The zero-order valence-electron chi connectivity index (χ0n) is 19.1. The molecule has 0 aromatic rings. The van der Waals surface area contributed by atoms with Crippen LogP contribution in [0.3, 0.4) is 0 Å². The quantitative estimate of drug-likeness (QED) is 0.0681. The molecule has 0 aromatic heterocycles. The molecule has 0 saturated carbocycles. The first-order valence-electron chi connectivity index (χ1n) is 11.6. The zero-order chi connectivity index (χ0) is 22.0. The lowest BCUT2D eigenvalue weighted by Crippen LogP contribution is -2.38. The van der Waals surface area contributed by atoms with Crippen LogP contribution in [0.15, 0.2) is 0 Å². The van der Waals surface area contributed by atoms with E-state index < -0.39 is 5.97 Å². The predicted octanol–water partition coefficient (Wildman–Crippen LogP) is -2.41. The molecule has 0 fully saturated rings. The molecule has 0 bridgehead atoms. The Bertz CT molecular complexity index is 351. The van der Waals surface area contributed by atoms with E-state index in [-0.39, 0.29) is 6.42 Å². The van der Waals surface area contributed by atoms with E-state index in [1.54, 1.807) is 0 Å². The van der Waals surface area contributed by atoms with Crippen LogP contribution in [0.4, 0.5) is 0 Å². The number of carbonyl (C=O) groups is 1. The van der Waals surface area contributed by atoms with Gasteiger partial charge in [0.05, 0.1) is 6.42 Å². The summed E-state index contributed by atoms with van der Waals surface area (Å²) in [6.07, 6.45) is 1.36. The monoisotopic (exact) mass is 432 g/mol. The van der Waals surface area contributed by atoms with E-state index in [0.29, 0.717) is 6.54 Å². The molecule has 0 aliphatic carbocycles. The SMILES string of the molecule is CCNCCCNCCNCCNCCNCCNCCNCCNCCC(=O)O. The molecule has 0 aromatic carbocycles. The van der Waals surface area contributed by atoms with Crippen molar-refractivity contribution in [3.63, 3.8) is 0 Å². The Balaban J connectivity index is 2.99. The second-order valence-corrected chi connectivity index (χ2v) is 7.10. The maximum atomic E-state index is 10.4. The first kappa shape index (κ1) is 29.1. The molecule has 0 atom stereocenters. The van der Waals surface area contributed by atoms with Gasteiger partial charge in [-0.15, -0.1) is 0 Å². The van der Waals surface area contributed by atoms with Crippen molar-refractivity contribution in [2.45, 2.75) is 19.8 Å². The maximum absolute atomic E-state index is 10.4. The highest BCUT2D eigenvalue weighted by Crippen LogP contribution is 1.74. The zero-order valence-corrected chi connectivity index (χ0v) is 19.1. The van der Waals surface area contributed by atoms with Crippen LogP contribution in [0, 0.1) is 0 Å². The summed E-state index contributed by atoms with van der Waals surface area (Å²) >= 11 is 0. The van der Waals surface area contributed by atoms with Gasteiger partial charge in [-0.05, 0) is 26.1 Å². The van der Waals surface area contributed by atoms with Crippen molar-refractivity contribution in [1.82, 2.24) is 42.5 Å². The van der Waals surface area contributed by atoms with Gasteiger partial charge < -0.3 is 47.6 Å². The van der Waals surface area contributed by atoms with E-state index in [0.717, 1.165) is 98.2 Å². The first-order valence-corrected chi connectivity index (χ1v) is 11.6. The molecule has 0 spiro atoms. The standard InChI is InChI=1S/C20H48N8O2/c1-2-21-5-3-6-22-8-10-24-12-14-26-16-18-28-19-17-27-15-13-25-11-9-23-7-4-20(29)30/h21-28H,2-19H2,1H3,(H,29,30). The maximum Gasteiger partial charge on any atom is 0.304 e. The lowest BCUT2D eigenvalue weighted by Gasteiger charge is -2.09. The largest absolute Gasteiger partial charge is 0.481 e. The normalized spacial score (nSPS) is 11.2. The number of carboxylic acids is 1. The van der Waals surface area contributed by atoms with Gasteiger partial charge >= 0.3 is 5.97 Å². The summed E-state index contributed by atoms with van der Waals surface area (Å²) in [5, 5.41) is 35.4. The average Bonchev–Trinajstić information content (AvgIpc) is 2.73. The first-order chi connectivity index (χ1) is 14.8. The van der Waals surface area contributed by atoms with Crippen LogP contribution in [0.25, 0.3) is 0 Å². The molecule has 0 aliphatic rings. The number of carboxylic acid groups (broad SMARTS) is 1. The number of rotatable bonds is 26. The summed E-state index contributed by atoms with van der Waals surface area (Å²) in [6, 6.07) is 0. The lowest BCUT2D eigenvalue weighted by molar-refractivity contribution is -0.136. The van der Waals surface area contributed by atoms with Gasteiger partial charge in [0.2, 0.25) is 0 Å². The Morgan fingerprint density at radius 2 is 0.800 bits per heavy atom. The second kappa shape index (κ2) is 26.2. The minimum Gasteiger partial charge on any atom is -0.481 e. The highest BCUT2D eigenvalue weighted by molar-refractivity contribution is 5.66. The molecule has 10 heteroatoms. The fourth-order valence-electron chi connectivity index (χ4n) is 2.65. The third-order valence-electron chi connectivity index (χ3n) is 4.34. The molecule has 180 valence electrons. The third-order valence-corrected chi connectivity index (χ3v) is 4.34. The van der Waals surface area contributed by atoms with Gasteiger partial charge in [0.25, 0.3) is 0 Å². The molecule has 0 unspecified atom stereocenters. The molecule has 0 aliphatic heterocycles. The van der Waals surface area contributed by atoms with Crippen LogP contribution in [0.2, 0.25) is 0 Å². The Hall–Kier alpha value is -0.850. The molecule has 0 saturated heterocycles. The van der Waals surface area contributed by atoms with Gasteiger partial charge in [0.1, 0.15) is 0 Å². The molecule has 0 rings (SSSR count). The molecule has 0 amide bonds. The van der Waals surface area contributed by atoms with Crippen LogP contribution in [-0.4, -0.2) is 116 Å². The van der Waals surface area contributed by atoms with E-state index >= 15 is 0 Å². The Kier molecular flexibility index (Phi) is 25.4. The summed E-state index contributed by atoms with van der Waals surface area (Å²) in [6.45, 7) is 17.3. The number of hydrogen-bond donors (Lipinski definition) is 9. The van der Waals surface area contributed by atoms with Crippen LogP contribution >= 0.6 is 0 Å². The Labute approximate surface area is 183 Å². The van der Waals surface area contributed by atoms with E-state index in [2.05, 4.69) is 49.5 Å². The van der Waals surface area contributed by atoms with E-state index in [1.807, 2.05) is 0 Å². The van der Waals surface area contributed by atoms with Crippen LogP contribution < -0.4 is 42.5 Å². The average molecular weight is 433 g/mol. The van der Waals surface area contributed by atoms with Crippen LogP contribution in [-0.2, 0) is 4.79 Å². The highest BCUT2D eigenvalue weighted by Gasteiger charge is 1.95. The van der Waals surface area contributed by atoms with Gasteiger partial charge in [0, 0.05) is 85.1 Å². The van der Waals surface area contributed by atoms with Crippen LogP contribution in [0.5, 0.6) is 0 Å². The van der Waals surface area contributed by atoms with E-state index in [4.69, 9.17) is 5.11 Å². The summed E-state index contributed by atoms with van der Waals surface area (Å²) in [7, 11) is 0. The van der Waals surface area contributed by atoms with Crippen molar-refractivity contribution in [1.29, 1.82) is 0 Å². The van der Waals surface area contributed by atoms with Crippen molar-refractivity contribution in [3.05, 3.63) is 0 Å². The summed E-state index contributed by atoms with van der Waals surface area (Å²) in [5.74, 6) is -0.758. The molecule has 0 radical (unpaired) electrons. The van der Waals surface area contributed by atoms with Crippen molar-refractivity contribution < 1.29 is 9.90 Å². The topological polar surface area (TPSA) is 134 Å². The van der Waals surface area contributed by atoms with Crippen molar-refractivity contribution in [2.24, 2.45) is 0 Å². The summed E-state index contributed by atoms with van der Waals surface area (Å²) in [5.41, 5.74) is 0. The number of hydrogen-bond acceptors (Lipinski definition) is 9. The molecular weight excluding hydrogens is 384 g/mol. The minimum absolute atomic E-state index is 0.177. The van der Waals surface area contributed by atoms with Gasteiger partial charge in [-0.25, -0.2) is 0 Å². The second-order valence-electron chi connectivity index (χ2n) is 7.10. The highest BCUT2D eigenvalue weighted by atomic mass is 16.4. The molecule has 30 heavy (non-hydrogen) atoms. The van der Waals surface area contributed by atoms with E-state index in [1.165, 1.54) is 6.42 Å². The molecule has 10 nitrogen and oxygen atoms in total. The van der Waals surface area contributed by atoms with E-state index in [9.17, 15) is 4.79 Å². The minimum atomic E-state index is -0.758. The summed E-state index contributed by atoms with van der Waals surface area (Å²) < 4.78 is 0. The number of nitrogens with one attached hydrogen (secondary N) is 8. The van der Waals surface area contributed by atoms with Crippen molar-refractivity contribution in [2.75, 3.05) is 105 Å². The lowest BCUT2D eigenvalue weighted by atomic mass is 10.4. The summed E-state index contributed by atoms with van der Waals surface area (Å²) in [4.78, 5) is 10.4. The van der Waals surface area contributed by atoms with Gasteiger partial charge in [-0.2, -0.15) is 0 Å². The molecule has 0 heterocycles. The Morgan fingerprint density at radius 1 is 0.500 bits per heavy atom.